The zero-order valence-corrected chi connectivity index (χ0v) is 14.6. The Bertz CT molecular complexity index is 898. The van der Waals surface area contributed by atoms with E-state index in [2.05, 4.69) is 14.5 Å². The quantitative estimate of drug-likeness (QED) is 0.788. The van der Waals surface area contributed by atoms with E-state index >= 15 is 0 Å². The van der Waals surface area contributed by atoms with Crippen molar-refractivity contribution in [3.05, 3.63) is 24.7 Å². The highest BCUT2D eigenvalue weighted by Gasteiger charge is 2.24. The molecule has 1 aliphatic rings. The number of hydrogen-bond acceptors (Lipinski definition) is 5. The van der Waals surface area contributed by atoms with E-state index in [4.69, 9.17) is 9.47 Å². The van der Waals surface area contributed by atoms with E-state index in [1.807, 2.05) is 24.7 Å². The molecule has 132 valence electrons. The molecule has 6 nitrogen and oxygen atoms in total. The Morgan fingerprint density at radius 1 is 1.04 bits per heavy atom. The summed E-state index contributed by atoms with van der Waals surface area (Å²) in [7, 11) is 3.27. The number of methoxy groups -OCH3 is 2. The highest BCUT2D eigenvalue weighted by Crippen LogP contribution is 2.38. The summed E-state index contributed by atoms with van der Waals surface area (Å²) in [6.45, 7) is 0.293. The van der Waals surface area contributed by atoms with Crippen molar-refractivity contribution < 1.29 is 14.6 Å². The Labute approximate surface area is 146 Å². The summed E-state index contributed by atoms with van der Waals surface area (Å²) in [5.74, 6) is 1.81. The van der Waals surface area contributed by atoms with Crippen molar-refractivity contribution in [3.63, 3.8) is 0 Å². The molecule has 0 aliphatic heterocycles. The van der Waals surface area contributed by atoms with Gasteiger partial charge in [-0.25, -0.2) is 4.98 Å². The molecular weight excluding hydrogens is 318 g/mol. The maximum atomic E-state index is 9.37. The van der Waals surface area contributed by atoms with Crippen LogP contribution in [-0.4, -0.2) is 40.5 Å². The minimum atomic E-state index is 0.293. The van der Waals surface area contributed by atoms with Crippen LogP contribution in [0.15, 0.2) is 24.7 Å². The first-order valence-electron chi connectivity index (χ1n) is 8.73. The van der Waals surface area contributed by atoms with Crippen LogP contribution in [0.2, 0.25) is 0 Å². The van der Waals surface area contributed by atoms with Gasteiger partial charge in [0.15, 0.2) is 11.5 Å². The molecule has 0 amide bonds. The summed E-state index contributed by atoms with van der Waals surface area (Å²) in [5.41, 5.74) is 2.86. The molecule has 1 saturated carbocycles. The Morgan fingerprint density at radius 3 is 2.44 bits per heavy atom. The first-order valence-corrected chi connectivity index (χ1v) is 8.73. The van der Waals surface area contributed by atoms with Gasteiger partial charge in [0.2, 0.25) is 0 Å². The summed E-state index contributed by atoms with van der Waals surface area (Å²) in [6, 6.07) is 4.31. The normalized spacial score (nSPS) is 20.9. The zero-order valence-electron chi connectivity index (χ0n) is 14.6. The van der Waals surface area contributed by atoms with Gasteiger partial charge in [-0.1, -0.05) is 0 Å². The predicted molar refractivity (Wildman–Crippen MR) is 96.2 cm³/mol. The SMILES string of the molecule is COc1cc2ncc3ncn([C@H]4CC[C@H](CO)CC4)c3c2cc1OC. The summed E-state index contributed by atoms with van der Waals surface area (Å²) in [5, 5.41) is 10.4. The van der Waals surface area contributed by atoms with E-state index < -0.39 is 0 Å². The lowest BCUT2D eigenvalue weighted by atomic mass is 9.86. The van der Waals surface area contributed by atoms with Crippen molar-refractivity contribution >= 4 is 21.9 Å². The number of pyridine rings is 1. The Hall–Kier alpha value is -2.34. The molecule has 2 heterocycles. The zero-order chi connectivity index (χ0) is 17.4. The summed E-state index contributed by atoms with van der Waals surface area (Å²) >= 11 is 0. The maximum Gasteiger partial charge on any atom is 0.162 e. The number of benzene rings is 1. The predicted octanol–water partition coefficient (Wildman–Crippen LogP) is 3.33. The van der Waals surface area contributed by atoms with Crippen LogP contribution in [0.25, 0.3) is 21.9 Å². The lowest BCUT2D eigenvalue weighted by Gasteiger charge is -2.28. The average Bonchev–Trinajstić information content (AvgIpc) is 3.11. The van der Waals surface area contributed by atoms with Crippen LogP contribution in [-0.2, 0) is 0 Å². The van der Waals surface area contributed by atoms with Gasteiger partial charge in [-0.3, -0.25) is 4.98 Å². The number of nitrogens with zero attached hydrogens (tertiary/aromatic N) is 3. The molecule has 0 radical (unpaired) electrons. The molecule has 1 fully saturated rings. The van der Waals surface area contributed by atoms with Gasteiger partial charge in [-0.05, 0) is 37.7 Å². The van der Waals surface area contributed by atoms with Gasteiger partial charge in [-0.15, -0.1) is 0 Å². The lowest BCUT2D eigenvalue weighted by Crippen LogP contribution is -2.19. The van der Waals surface area contributed by atoms with Crippen LogP contribution in [0, 0.1) is 5.92 Å². The summed E-state index contributed by atoms with van der Waals surface area (Å²) < 4.78 is 13.1. The van der Waals surface area contributed by atoms with Crippen molar-refractivity contribution in [1.29, 1.82) is 0 Å². The van der Waals surface area contributed by atoms with Crippen LogP contribution >= 0.6 is 0 Å². The van der Waals surface area contributed by atoms with Gasteiger partial charge in [0, 0.05) is 24.1 Å². The molecule has 0 atom stereocenters. The Kier molecular flexibility index (Phi) is 4.21. The topological polar surface area (TPSA) is 69.4 Å². The average molecular weight is 341 g/mol. The van der Waals surface area contributed by atoms with E-state index in [1.54, 1.807) is 14.2 Å². The smallest absolute Gasteiger partial charge is 0.162 e. The number of aliphatic hydroxyl groups excluding tert-OH is 1. The molecule has 1 aliphatic carbocycles. The van der Waals surface area contributed by atoms with Gasteiger partial charge >= 0.3 is 0 Å². The summed E-state index contributed by atoms with van der Waals surface area (Å²) in [4.78, 5) is 9.09. The molecule has 0 bridgehead atoms. The van der Waals surface area contributed by atoms with Gasteiger partial charge in [0.05, 0.1) is 37.8 Å². The Balaban J connectivity index is 1.84. The third kappa shape index (κ3) is 2.70. The second-order valence-electron chi connectivity index (χ2n) is 6.73. The fourth-order valence-corrected chi connectivity index (χ4v) is 3.92. The monoisotopic (exact) mass is 341 g/mol. The van der Waals surface area contributed by atoms with Crippen molar-refractivity contribution in [2.45, 2.75) is 31.7 Å². The molecule has 0 spiro atoms. The Morgan fingerprint density at radius 2 is 1.76 bits per heavy atom. The number of hydrogen-bond donors (Lipinski definition) is 1. The number of rotatable bonds is 4. The first-order chi connectivity index (χ1) is 12.2. The van der Waals surface area contributed by atoms with Crippen molar-refractivity contribution in [2.75, 3.05) is 20.8 Å². The van der Waals surface area contributed by atoms with Crippen LogP contribution in [0.5, 0.6) is 11.5 Å². The molecule has 3 aromatic rings. The lowest BCUT2D eigenvalue weighted by molar-refractivity contribution is 0.170. The fourth-order valence-electron chi connectivity index (χ4n) is 3.92. The van der Waals surface area contributed by atoms with E-state index in [0.29, 0.717) is 30.1 Å². The van der Waals surface area contributed by atoms with Crippen molar-refractivity contribution in [2.24, 2.45) is 5.92 Å². The third-order valence-corrected chi connectivity index (χ3v) is 5.37. The van der Waals surface area contributed by atoms with E-state index in [0.717, 1.165) is 47.6 Å². The highest BCUT2D eigenvalue weighted by atomic mass is 16.5. The molecular formula is C19H23N3O3. The second kappa shape index (κ2) is 6.52. The van der Waals surface area contributed by atoms with Gasteiger partial charge in [0.25, 0.3) is 0 Å². The summed E-state index contributed by atoms with van der Waals surface area (Å²) in [6.07, 6.45) is 7.98. The number of fused-ring (bicyclic) bond motifs is 3. The van der Waals surface area contributed by atoms with Crippen LogP contribution in [0.1, 0.15) is 31.7 Å². The maximum absolute atomic E-state index is 9.37. The standard InChI is InChI=1S/C19H23N3O3/c1-24-17-7-14-15(8-18(17)25-2)20-9-16-19(14)22(11-21-16)13-5-3-12(10-23)4-6-13/h7-9,11-13,23H,3-6,10H2,1-2H3/t12-,13-. The van der Waals surface area contributed by atoms with Crippen LogP contribution < -0.4 is 9.47 Å². The fraction of sp³-hybridized carbons (Fsp3) is 0.474. The molecule has 2 aromatic heterocycles. The van der Waals surface area contributed by atoms with Crippen molar-refractivity contribution in [3.8, 4) is 11.5 Å². The molecule has 1 N–H and O–H groups in total. The third-order valence-electron chi connectivity index (χ3n) is 5.37. The van der Waals surface area contributed by atoms with E-state index in [-0.39, 0.29) is 0 Å². The molecule has 6 heteroatoms. The van der Waals surface area contributed by atoms with Crippen molar-refractivity contribution in [1.82, 2.24) is 14.5 Å². The van der Waals surface area contributed by atoms with Gasteiger partial charge in [0.1, 0.15) is 5.52 Å². The molecule has 0 unspecified atom stereocenters. The number of aromatic nitrogens is 3. The minimum Gasteiger partial charge on any atom is -0.493 e. The van der Waals surface area contributed by atoms with Crippen LogP contribution in [0.4, 0.5) is 0 Å². The number of ether oxygens (including phenoxy) is 2. The molecule has 4 rings (SSSR count). The van der Waals surface area contributed by atoms with Gasteiger partial charge in [-0.2, -0.15) is 0 Å². The number of imidazole rings is 1. The first kappa shape index (κ1) is 16.1. The second-order valence-corrected chi connectivity index (χ2v) is 6.73. The molecule has 25 heavy (non-hydrogen) atoms. The molecule has 1 aromatic carbocycles. The number of aliphatic hydroxyl groups is 1. The molecule has 0 saturated heterocycles. The van der Waals surface area contributed by atoms with E-state index in [9.17, 15) is 5.11 Å². The minimum absolute atomic E-state index is 0.293. The largest absolute Gasteiger partial charge is 0.493 e. The van der Waals surface area contributed by atoms with Gasteiger partial charge < -0.3 is 19.1 Å². The highest BCUT2D eigenvalue weighted by molar-refractivity contribution is 6.03. The van der Waals surface area contributed by atoms with Crippen LogP contribution in [0.3, 0.4) is 0 Å². The van der Waals surface area contributed by atoms with E-state index in [1.165, 1.54) is 0 Å².